The highest BCUT2D eigenvalue weighted by Gasteiger charge is 2.43. The maximum absolute atomic E-state index is 13.8. The molecule has 4 heterocycles. The summed E-state index contributed by atoms with van der Waals surface area (Å²) in [5.74, 6) is 0.0739. The summed E-state index contributed by atoms with van der Waals surface area (Å²) in [6, 6.07) is 11.9. The van der Waals surface area contributed by atoms with Gasteiger partial charge in [0, 0.05) is 56.3 Å². The molecule has 6 nitrogen and oxygen atoms in total. The third-order valence-electron chi connectivity index (χ3n) is 7.23. The van der Waals surface area contributed by atoms with Crippen molar-refractivity contribution in [3.63, 3.8) is 0 Å². The van der Waals surface area contributed by atoms with Crippen LogP contribution in [0.15, 0.2) is 41.8 Å². The van der Waals surface area contributed by atoms with Crippen LogP contribution in [0.25, 0.3) is 0 Å². The second-order valence-electron chi connectivity index (χ2n) is 9.47. The molecular weight excluding hydrogens is 434 g/mol. The van der Waals surface area contributed by atoms with Crippen LogP contribution in [0.5, 0.6) is 0 Å². The molecule has 0 saturated carbocycles. The number of thiophene rings is 1. The molecule has 0 bridgehead atoms. The number of carbonyl (C=O) groups is 2. The van der Waals surface area contributed by atoms with Crippen molar-refractivity contribution in [2.45, 2.75) is 44.8 Å². The van der Waals surface area contributed by atoms with Gasteiger partial charge >= 0.3 is 0 Å². The van der Waals surface area contributed by atoms with Crippen molar-refractivity contribution in [3.8, 4) is 0 Å². The highest BCUT2D eigenvalue weighted by Crippen LogP contribution is 2.42. The first-order valence-electron chi connectivity index (χ1n) is 12.1. The Hall–Kier alpha value is -2.22. The van der Waals surface area contributed by atoms with Crippen LogP contribution < -0.4 is 4.90 Å². The van der Waals surface area contributed by atoms with Gasteiger partial charge in [-0.1, -0.05) is 23.8 Å². The molecule has 3 atom stereocenters. The minimum atomic E-state index is -0.244. The standard InChI is InChI=1S/C26H33N3O3S/c1-19-6-8-20(9-7-19)29-24(30)11-10-22(25(29)23-5-3-17-33-23)26(31)28-14-12-27(13-15-28)18-21-4-2-16-32-21/h3,5-9,17,21-22,25H,2,4,10-16,18H2,1H3. The van der Waals surface area contributed by atoms with E-state index in [0.29, 0.717) is 18.9 Å². The van der Waals surface area contributed by atoms with Gasteiger partial charge in [0.05, 0.1) is 18.1 Å². The van der Waals surface area contributed by atoms with Crippen LogP contribution in [0.4, 0.5) is 5.69 Å². The lowest BCUT2D eigenvalue weighted by molar-refractivity contribution is -0.140. The number of benzene rings is 1. The summed E-state index contributed by atoms with van der Waals surface area (Å²) < 4.78 is 5.79. The summed E-state index contributed by atoms with van der Waals surface area (Å²) in [6.07, 6.45) is 3.67. The van der Waals surface area contributed by atoms with Gasteiger partial charge in [0.2, 0.25) is 11.8 Å². The van der Waals surface area contributed by atoms with Gasteiger partial charge in [-0.25, -0.2) is 0 Å². The lowest BCUT2D eigenvalue weighted by Gasteiger charge is -2.43. The summed E-state index contributed by atoms with van der Waals surface area (Å²) in [4.78, 5) is 34.3. The third-order valence-corrected chi connectivity index (χ3v) is 8.17. The van der Waals surface area contributed by atoms with Crippen molar-refractivity contribution in [2.24, 2.45) is 5.92 Å². The zero-order valence-corrected chi connectivity index (χ0v) is 20.1. The Bertz CT molecular complexity index is 948. The molecule has 3 fully saturated rings. The first-order chi connectivity index (χ1) is 16.1. The summed E-state index contributed by atoms with van der Waals surface area (Å²) in [5.41, 5.74) is 2.03. The average Bonchev–Trinajstić information content (AvgIpc) is 3.54. The van der Waals surface area contributed by atoms with Crippen molar-refractivity contribution in [3.05, 3.63) is 52.2 Å². The van der Waals surface area contributed by atoms with Crippen LogP contribution in [0.1, 0.15) is 42.2 Å². The number of piperidine rings is 1. The SMILES string of the molecule is Cc1ccc(N2C(=O)CCC(C(=O)N3CCN(CC4CCCO4)CC3)C2c2cccs2)cc1. The Balaban J connectivity index is 1.33. The van der Waals surface area contributed by atoms with Gasteiger partial charge in [-0.2, -0.15) is 0 Å². The van der Waals surface area contributed by atoms with E-state index in [0.717, 1.165) is 68.3 Å². The van der Waals surface area contributed by atoms with Gasteiger partial charge in [-0.15, -0.1) is 11.3 Å². The number of hydrogen-bond acceptors (Lipinski definition) is 5. The number of aryl methyl sites for hydroxylation is 1. The second-order valence-corrected chi connectivity index (χ2v) is 10.4. The Morgan fingerprint density at radius 3 is 2.55 bits per heavy atom. The van der Waals surface area contributed by atoms with Crippen molar-refractivity contribution in [1.82, 2.24) is 9.80 Å². The molecule has 3 saturated heterocycles. The van der Waals surface area contributed by atoms with Crippen LogP contribution in [0, 0.1) is 12.8 Å². The number of amides is 2. The Morgan fingerprint density at radius 1 is 1.09 bits per heavy atom. The maximum Gasteiger partial charge on any atom is 0.228 e. The fraction of sp³-hybridized carbons (Fsp3) is 0.538. The van der Waals surface area contributed by atoms with Gasteiger partial charge < -0.3 is 14.5 Å². The molecule has 1 aromatic heterocycles. The second kappa shape index (κ2) is 9.95. The highest BCUT2D eigenvalue weighted by molar-refractivity contribution is 7.10. The van der Waals surface area contributed by atoms with Crippen LogP contribution in [-0.2, 0) is 14.3 Å². The number of anilines is 1. The molecule has 0 radical (unpaired) electrons. The van der Waals surface area contributed by atoms with E-state index in [1.54, 1.807) is 11.3 Å². The van der Waals surface area contributed by atoms with Crippen LogP contribution in [0.2, 0.25) is 0 Å². The minimum Gasteiger partial charge on any atom is -0.377 e. The fourth-order valence-corrected chi connectivity index (χ4v) is 6.29. The van der Waals surface area contributed by atoms with Crippen molar-refractivity contribution in [2.75, 3.05) is 44.2 Å². The molecule has 7 heteroatoms. The van der Waals surface area contributed by atoms with Crippen molar-refractivity contribution in [1.29, 1.82) is 0 Å². The minimum absolute atomic E-state index is 0.0997. The molecule has 2 aromatic rings. The largest absolute Gasteiger partial charge is 0.377 e. The van der Waals surface area contributed by atoms with E-state index >= 15 is 0 Å². The molecule has 5 rings (SSSR count). The number of carbonyl (C=O) groups excluding carboxylic acids is 2. The van der Waals surface area contributed by atoms with Crippen LogP contribution in [-0.4, -0.2) is 67.0 Å². The number of piperazine rings is 1. The number of nitrogens with zero attached hydrogens (tertiary/aromatic N) is 3. The maximum atomic E-state index is 13.8. The average molecular weight is 468 g/mol. The van der Waals surface area contributed by atoms with E-state index in [9.17, 15) is 9.59 Å². The van der Waals surface area contributed by atoms with E-state index in [1.165, 1.54) is 0 Å². The zero-order valence-electron chi connectivity index (χ0n) is 19.3. The van der Waals surface area contributed by atoms with E-state index in [1.807, 2.05) is 52.4 Å². The molecule has 2 amide bonds. The van der Waals surface area contributed by atoms with Crippen molar-refractivity contribution >= 4 is 28.8 Å². The number of ether oxygens (including phenoxy) is 1. The van der Waals surface area contributed by atoms with E-state index in [2.05, 4.69) is 11.0 Å². The molecule has 0 aliphatic carbocycles. The third kappa shape index (κ3) is 4.86. The van der Waals surface area contributed by atoms with Crippen LogP contribution >= 0.6 is 11.3 Å². The Labute approximate surface area is 200 Å². The first kappa shape index (κ1) is 22.6. The predicted molar refractivity (Wildman–Crippen MR) is 130 cm³/mol. The number of hydrogen-bond donors (Lipinski definition) is 0. The first-order valence-corrected chi connectivity index (χ1v) is 13.0. The Morgan fingerprint density at radius 2 is 1.88 bits per heavy atom. The van der Waals surface area contributed by atoms with Crippen LogP contribution in [0.3, 0.4) is 0 Å². The summed E-state index contributed by atoms with van der Waals surface area (Å²) in [6.45, 7) is 7.17. The lowest BCUT2D eigenvalue weighted by Crippen LogP contribution is -2.54. The quantitative estimate of drug-likeness (QED) is 0.670. The molecule has 3 unspecified atom stereocenters. The van der Waals surface area contributed by atoms with E-state index < -0.39 is 0 Å². The van der Waals surface area contributed by atoms with Gasteiger partial charge in [-0.05, 0) is 49.8 Å². The van der Waals surface area contributed by atoms with Gasteiger partial charge in [0.1, 0.15) is 0 Å². The molecule has 176 valence electrons. The summed E-state index contributed by atoms with van der Waals surface area (Å²) in [5, 5.41) is 2.03. The van der Waals surface area contributed by atoms with Gasteiger partial charge in [-0.3, -0.25) is 14.5 Å². The summed E-state index contributed by atoms with van der Waals surface area (Å²) >= 11 is 1.63. The molecule has 0 N–H and O–H groups in total. The smallest absolute Gasteiger partial charge is 0.228 e. The monoisotopic (exact) mass is 467 g/mol. The van der Waals surface area contributed by atoms with Gasteiger partial charge in [0.15, 0.2) is 0 Å². The lowest BCUT2D eigenvalue weighted by atomic mass is 9.85. The Kier molecular flexibility index (Phi) is 6.81. The molecule has 3 aliphatic rings. The topological polar surface area (TPSA) is 53.1 Å². The zero-order chi connectivity index (χ0) is 22.8. The molecular formula is C26H33N3O3S. The molecule has 33 heavy (non-hydrogen) atoms. The van der Waals surface area contributed by atoms with Crippen molar-refractivity contribution < 1.29 is 14.3 Å². The van der Waals surface area contributed by atoms with Gasteiger partial charge in [0.25, 0.3) is 0 Å². The summed E-state index contributed by atoms with van der Waals surface area (Å²) in [7, 11) is 0. The fourth-order valence-electron chi connectivity index (χ4n) is 5.41. The molecule has 0 spiro atoms. The molecule has 3 aliphatic heterocycles. The molecule has 1 aromatic carbocycles. The number of rotatable bonds is 5. The van der Waals surface area contributed by atoms with E-state index in [-0.39, 0.29) is 23.8 Å². The predicted octanol–water partition coefficient (Wildman–Crippen LogP) is 3.86. The van der Waals surface area contributed by atoms with E-state index in [4.69, 9.17) is 4.74 Å². The normalized spacial score (nSPS) is 26.7. The highest BCUT2D eigenvalue weighted by atomic mass is 32.1.